The molecule has 162 valence electrons. The first kappa shape index (κ1) is 21.6. The number of ether oxygens (including phenoxy) is 6. The SMILES string of the molecule is COc1cc(C(=O)N[C@H]2[C@@H](O)[C@@H](O)O[C@@H]2[C@H]2COC(C)(C)O2)cc(OC)c1OC. The number of rotatable bonds is 6. The van der Waals surface area contributed by atoms with Crippen LogP contribution in [-0.4, -0.2) is 80.5 Å². The highest BCUT2D eigenvalue weighted by Crippen LogP contribution is 2.38. The van der Waals surface area contributed by atoms with Crippen LogP contribution in [0.3, 0.4) is 0 Å². The number of carbonyl (C=O) groups excluding carboxylic acids is 1. The number of methoxy groups -OCH3 is 3. The second-order valence-corrected chi connectivity index (χ2v) is 7.26. The van der Waals surface area contributed by atoms with Crippen LogP contribution in [0.15, 0.2) is 12.1 Å². The molecule has 0 aliphatic carbocycles. The number of hydrogen-bond donors (Lipinski definition) is 3. The molecule has 3 N–H and O–H groups in total. The van der Waals surface area contributed by atoms with Crippen molar-refractivity contribution >= 4 is 5.91 Å². The van der Waals surface area contributed by atoms with Gasteiger partial charge in [-0.05, 0) is 26.0 Å². The number of nitrogens with one attached hydrogen (secondary N) is 1. The van der Waals surface area contributed by atoms with E-state index >= 15 is 0 Å². The minimum absolute atomic E-state index is 0.202. The third kappa shape index (κ3) is 4.26. The maximum absolute atomic E-state index is 12.9. The average Bonchev–Trinajstić information content (AvgIpc) is 3.20. The standard InChI is InChI=1S/C19H27NO9/c1-19(2)27-8-12(29-19)16-13(14(21)18(23)28-16)20-17(22)9-6-10(24-3)15(26-5)11(7-9)25-4/h6-7,12-14,16,18,21,23H,8H2,1-5H3,(H,20,22)/t12-,13+,14-,16-,18+/m1/s1. The van der Waals surface area contributed by atoms with E-state index in [0.717, 1.165) is 0 Å². The zero-order valence-corrected chi connectivity index (χ0v) is 17.0. The number of hydrogen-bond acceptors (Lipinski definition) is 9. The summed E-state index contributed by atoms with van der Waals surface area (Å²) in [7, 11) is 4.35. The van der Waals surface area contributed by atoms with Crippen LogP contribution in [0.5, 0.6) is 17.2 Å². The van der Waals surface area contributed by atoms with Gasteiger partial charge in [0.25, 0.3) is 5.91 Å². The normalized spacial score (nSPS) is 30.8. The molecule has 1 aromatic carbocycles. The van der Waals surface area contributed by atoms with Gasteiger partial charge >= 0.3 is 0 Å². The Morgan fingerprint density at radius 2 is 1.76 bits per heavy atom. The van der Waals surface area contributed by atoms with Crippen molar-refractivity contribution < 1.29 is 43.4 Å². The number of amides is 1. The van der Waals surface area contributed by atoms with Crippen LogP contribution in [0, 0.1) is 0 Å². The van der Waals surface area contributed by atoms with E-state index in [1.165, 1.54) is 33.5 Å². The van der Waals surface area contributed by atoms with Crippen molar-refractivity contribution in [2.24, 2.45) is 0 Å². The van der Waals surface area contributed by atoms with E-state index in [2.05, 4.69) is 5.32 Å². The van der Waals surface area contributed by atoms with E-state index in [1.807, 2.05) is 0 Å². The molecule has 10 heteroatoms. The van der Waals surface area contributed by atoms with Crippen LogP contribution in [0.2, 0.25) is 0 Å². The zero-order valence-electron chi connectivity index (χ0n) is 17.0. The van der Waals surface area contributed by atoms with Gasteiger partial charge in [-0.15, -0.1) is 0 Å². The van der Waals surface area contributed by atoms with E-state index in [9.17, 15) is 15.0 Å². The van der Waals surface area contributed by atoms with E-state index < -0.39 is 42.3 Å². The second-order valence-electron chi connectivity index (χ2n) is 7.26. The quantitative estimate of drug-likeness (QED) is 0.593. The summed E-state index contributed by atoms with van der Waals surface area (Å²) < 4.78 is 32.5. The van der Waals surface area contributed by atoms with Crippen molar-refractivity contribution in [1.82, 2.24) is 5.32 Å². The molecule has 0 bridgehead atoms. The van der Waals surface area contributed by atoms with Crippen molar-refractivity contribution in [3.8, 4) is 17.2 Å². The molecule has 0 saturated carbocycles. The van der Waals surface area contributed by atoms with Gasteiger partial charge in [0.2, 0.25) is 5.75 Å². The van der Waals surface area contributed by atoms with Gasteiger partial charge in [-0.2, -0.15) is 0 Å². The highest BCUT2D eigenvalue weighted by atomic mass is 16.8. The predicted octanol–water partition coefficient (Wildman–Crippen LogP) is 0.0404. The lowest BCUT2D eigenvalue weighted by molar-refractivity contribution is -0.175. The summed E-state index contributed by atoms with van der Waals surface area (Å²) in [5.74, 6) is -0.369. The van der Waals surface area contributed by atoms with Gasteiger partial charge in [0.15, 0.2) is 23.6 Å². The second kappa shape index (κ2) is 8.33. The van der Waals surface area contributed by atoms with Gasteiger partial charge in [-0.25, -0.2) is 0 Å². The lowest BCUT2D eigenvalue weighted by Gasteiger charge is -2.26. The Balaban J connectivity index is 1.82. The maximum atomic E-state index is 12.9. The lowest BCUT2D eigenvalue weighted by atomic mass is 10.0. The average molecular weight is 413 g/mol. The predicted molar refractivity (Wildman–Crippen MR) is 99.1 cm³/mol. The summed E-state index contributed by atoms with van der Waals surface area (Å²) in [5.41, 5.74) is 0.218. The molecule has 2 saturated heterocycles. The fourth-order valence-corrected chi connectivity index (χ4v) is 3.51. The molecular weight excluding hydrogens is 386 g/mol. The highest BCUT2D eigenvalue weighted by molar-refractivity contribution is 5.96. The zero-order chi connectivity index (χ0) is 21.3. The van der Waals surface area contributed by atoms with Crippen LogP contribution in [-0.2, 0) is 14.2 Å². The summed E-state index contributed by atoms with van der Waals surface area (Å²) in [4.78, 5) is 12.9. The molecule has 1 aromatic rings. The molecule has 2 aliphatic heterocycles. The first-order valence-electron chi connectivity index (χ1n) is 9.15. The van der Waals surface area contributed by atoms with Crippen LogP contribution >= 0.6 is 0 Å². The summed E-state index contributed by atoms with van der Waals surface area (Å²) in [6.45, 7) is 3.70. The van der Waals surface area contributed by atoms with Crippen molar-refractivity contribution in [2.75, 3.05) is 27.9 Å². The minimum atomic E-state index is -1.46. The molecule has 0 unspecified atom stereocenters. The molecule has 0 radical (unpaired) electrons. The maximum Gasteiger partial charge on any atom is 0.251 e. The molecule has 3 rings (SSSR count). The van der Waals surface area contributed by atoms with Gasteiger partial charge in [0, 0.05) is 5.56 Å². The number of aliphatic hydroxyl groups is 2. The summed E-state index contributed by atoms with van der Waals surface area (Å²) in [5, 5.41) is 23.0. The topological polar surface area (TPSA) is 125 Å². The number of aliphatic hydroxyl groups excluding tert-OH is 2. The van der Waals surface area contributed by atoms with Crippen LogP contribution in [0.4, 0.5) is 0 Å². The molecule has 0 spiro atoms. The van der Waals surface area contributed by atoms with Crippen molar-refractivity contribution in [2.45, 2.75) is 50.3 Å². The first-order valence-corrected chi connectivity index (χ1v) is 9.15. The molecule has 29 heavy (non-hydrogen) atoms. The molecule has 2 heterocycles. The third-order valence-electron chi connectivity index (χ3n) is 4.93. The Morgan fingerprint density at radius 3 is 2.24 bits per heavy atom. The Kier molecular flexibility index (Phi) is 6.20. The molecule has 2 aliphatic rings. The van der Waals surface area contributed by atoms with Crippen LogP contribution in [0.25, 0.3) is 0 Å². The van der Waals surface area contributed by atoms with E-state index in [4.69, 9.17) is 28.4 Å². The van der Waals surface area contributed by atoms with E-state index in [0.29, 0.717) is 17.2 Å². The Hall–Kier alpha value is -2.11. The monoisotopic (exact) mass is 413 g/mol. The van der Waals surface area contributed by atoms with Gasteiger partial charge in [-0.1, -0.05) is 0 Å². The van der Waals surface area contributed by atoms with Crippen molar-refractivity contribution in [1.29, 1.82) is 0 Å². The fourth-order valence-electron chi connectivity index (χ4n) is 3.51. The van der Waals surface area contributed by atoms with E-state index in [1.54, 1.807) is 13.8 Å². The summed E-state index contributed by atoms with van der Waals surface area (Å²) in [6.07, 6.45) is -4.16. The smallest absolute Gasteiger partial charge is 0.251 e. The molecular formula is C19H27NO9. The fraction of sp³-hybridized carbons (Fsp3) is 0.632. The molecule has 0 aromatic heterocycles. The Bertz CT molecular complexity index is 728. The van der Waals surface area contributed by atoms with Crippen molar-refractivity contribution in [3.63, 3.8) is 0 Å². The Labute approximate surface area is 168 Å². The first-order chi connectivity index (χ1) is 13.7. The van der Waals surface area contributed by atoms with Crippen molar-refractivity contribution in [3.05, 3.63) is 17.7 Å². The van der Waals surface area contributed by atoms with Gasteiger partial charge < -0.3 is 44.0 Å². The number of benzene rings is 1. The lowest BCUT2D eigenvalue weighted by Crippen LogP contribution is -2.51. The van der Waals surface area contributed by atoms with Crippen LogP contribution in [0.1, 0.15) is 24.2 Å². The molecule has 2 fully saturated rings. The molecule has 1 amide bonds. The number of carbonyl (C=O) groups is 1. The van der Waals surface area contributed by atoms with Gasteiger partial charge in [0.1, 0.15) is 18.3 Å². The third-order valence-corrected chi connectivity index (χ3v) is 4.93. The van der Waals surface area contributed by atoms with E-state index in [-0.39, 0.29) is 12.2 Å². The van der Waals surface area contributed by atoms with Gasteiger partial charge in [0.05, 0.1) is 34.0 Å². The summed E-state index contributed by atoms with van der Waals surface area (Å²) >= 11 is 0. The Morgan fingerprint density at radius 1 is 1.14 bits per heavy atom. The molecule has 5 atom stereocenters. The highest BCUT2D eigenvalue weighted by Gasteiger charge is 2.51. The van der Waals surface area contributed by atoms with Gasteiger partial charge in [-0.3, -0.25) is 4.79 Å². The minimum Gasteiger partial charge on any atom is -0.493 e. The van der Waals surface area contributed by atoms with Crippen LogP contribution < -0.4 is 19.5 Å². The largest absolute Gasteiger partial charge is 0.493 e. The summed E-state index contributed by atoms with van der Waals surface area (Å²) in [6, 6.07) is 2.06. The molecule has 10 nitrogen and oxygen atoms in total.